The Labute approximate surface area is 186 Å². The van der Waals surface area contributed by atoms with Crippen LogP contribution in [0.5, 0.6) is 0 Å². The van der Waals surface area contributed by atoms with E-state index in [9.17, 15) is 0 Å². The van der Waals surface area contributed by atoms with Gasteiger partial charge in [-0.2, -0.15) is 0 Å². The van der Waals surface area contributed by atoms with Gasteiger partial charge in [0.2, 0.25) is 0 Å². The summed E-state index contributed by atoms with van der Waals surface area (Å²) in [5, 5.41) is 0. The quantitative estimate of drug-likeness (QED) is 0.299. The molecule has 0 amide bonds. The average molecular weight is 441 g/mol. The molecule has 0 spiro atoms. The van der Waals surface area contributed by atoms with Crippen LogP contribution in [0.25, 0.3) is 0 Å². The Hall–Kier alpha value is -1.21. The monoisotopic (exact) mass is 440 g/mol. The first kappa shape index (κ1) is 23.5. The molecule has 4 rings (SSSR count). The first-order valence-electron chi connectivity index (χ1n) is 11.3. The highest BCUT2D eigenvalue weighted by atomic mass is 28.4. The maximum absolute atomic E-state index is 6.61. The third-order valence-electron chi connectivity index (χ3n) is 8.34. The third-order valence-corrected chi connectivity index (χ3v) is 13.5. The zero-order valence-corrected chi connectivity index (χ0v) is 21.0. The molecule has 0 aliphatic heterocycles. The molecule has 0 aromatic rings. The Bertz CT molecular complexity index is 644. The normalized spacial score (nSPS) is 34.9. The van der Waals surface area contributed by atoms with Crippen molar-refractivity contribution in [3.05, 3.63) is 73.7 Å². The van der Waals surface area contributed by atoms with E-state index in [1.165, 1.54) is 44.9 Å². The maximum Gasteiger partial charge on any atom is 0.264 e. The summed E-state index contributed by atoms with van der Waals surface area (Å²) in [6.45, 7) is 28.1. The van der Waals surface area contributed by atoms with Crippen LogP contribution in [0.15, 0.2) is 73.7 Å². The Kier molecular flexibility index (Phi) is 6.55. The van der Waals surface area contributed by atoms with Crippen LogP contribution < -0.4 is 0 Å². The van der Waals surface area contributed by atoms with Crippen molar-refractivity contribution in [2.45, 2.75) is 51.9 Å². The zero-order chi connectivity index (χ0) is 22.1. The molecular formula is C26H40O2Si2. The number of hydrogen-bond acceptors (Lipinski definition) is 2. The Balaban J connectivity index is 1.87. The predicted molar refractivity (Wildman–Crippen MR) is 133 cm³/mol. The van der Waals surface area contributed by atoms with E-state index in [-0.39, 0.29) is 10.8 Å². The van der Waals surface area contributed by atoms with Crippen LogP contribution in [0.1, 0.15) is 51.9 Å². The van der Waals surface area contributed by atoms with E-state index >= 15 is 0 Å². The molecule has 0 radical (unpaired) electrons. The molecule has 30 heavy (non-hydrogen) atoms. The van der Waals surface area contributed by atoms with Crippen molar-refractivity contribution >= 4 is 16.6 Å². The number of hydrogen-bond donors (Lipinski definition) is 0. The molecular weight excluding hydrogens is 400 g/mol. The van der Waals surface area contributed by atoms with Crippen molar-refractivity contribution in [3.8, 4) is 0 Å². The second-order valence-corrected chi connectivity index (χ2v) is 16.8. The van der Waals surface area contributed by atoms with Crippen LogP contribution in [0.2, 0.25) is 0 Å². The smallest absolute Gasteiger partial charge is 0.264 e. The highest BCUT2D eigenvalue weighted by Crippen LogP contribution is 2.70. The van der Waals surface area contributed by atoms with Crippen molar-refractivity contribution in [1.29, 1.82) is 0 Å². The summed E-state index contributed by atoms with van der Waals surface area (Å²) >= 11 is 0. The second kappa shape index (κ2) is 8.38. The van der Waals surface area contributed by atoms with Gasteiger partial charge in [0.15, 0.2) is 0 Å². The van der Waals surface area contributed by atoms with Crippen LogP contribution in [-0.4, -0.2) is 29.8 Å². The van der Waals surface area contributed by atoms with E-state index in [1.54, 1.807) is 0 Å². The van der Waals surface area contributed by atoms with Crippen molar-refractivity contribution in [2.24, 2.45) is 22.2 Å². The molecule has 4 aliphatic rings. The molecule has 2 nitrogen and oxygen atoms in total. The Morgan fingerprint density at radius 1 is 0.667 bits per heavy atom. The predicted octanol–water partition coefficient (Wildman–Crippen LogP) is 6.63. The molecule has 0 N–H and O–H groups in total. The first-order valence-corrected chi connectivity index (χ1v) is 15.6. The molecule has 4 heteroatoms. The minimum atomic E-state index is -2.27. The van der Waals surface area contributed by atoms with Gasteiger partial charge in [-0.1, -0.05) is 47.5 Å². The van der Waals surface area contributed by atoms with Crippen LogP contribution in [0.4, 0.5) is 0 Å². The molecule has 2 unspecified atom stereocenters. The van der Waals surface area contributed by atoms with Gasteiger partial charge in [0.1, 0.15) is 0 Å². The van der Waals surface area contributed by atoms with E-state index in [0.717, 1.165) is 19.1 Å². The van der Waals surface area contributed by atoms with Crippen LogP contribution >= 0.6 is 0 Å². The van der Waals surface area contributed by atoms with E-state index in [1.807, 2.05) is 34.2 Å². The lowest BCUT2D eigenvalue weighted by Crippen LogP contribution is -2.60. The second-order valence-electron chi connectivity index (χ2n) is 10.4. The molecule has 164 valence electrons. The minimum Gasteiger partial charge on any atom is -0.405 e. The van der Waals surface area contributed by atoms with Crippen LogP contribution in [-0.2, 0) is 8.85 Å². The van der Waals surface area contributed by atoms with Gasteiger partial charge in [0, 0.05) is 13.2 Å². The molecule has 4 bridgehead atoms. The van der Waals surface area contributed by atoms with Crippen molar-refractivity contribution in [1.82, 2.24) is 0 Å². The summed E-state index contributed by atoms with van der Waals surface area (Å²) in [5.74, 6) is 0.771. The Morgan fingerprint density at radius 2 is 1.00 bits per heavy atom. The standard InChI is InChI=1S/C26H40O2Si2/c1-8-24-15-23-16-25(18-24,21-27-29(9-2,10-3)11-4)20-26(17-23,19-24)22-28-30(12-5,13-6)14-7/h9-14,23H,2-8,15-22H2,1H3. The van der Waals surface area contributed by atoms with Gasteiger partial charge in [0.05, 0.1) is 0 Å². The van der Waals surface area contributed by atoms with Crippen molar-refractivity contribution in [3.63, 3.8) is 0 Å². The fourth-order valence-corrected chi connectivity index (χ4v) is 10.0. The third kappa shape index (κ3) is 4.00. The Morgan fingerprint density at radius 3 is 1.33 bits per heavy atom. The average Bonchev–Trinajstić information content (AvgIpc) is 2.76. The van der Waals surface area contributed by atoms with E-state index in [0.29, 0.717) is 5.41 Å². The van der Waals surface area contributed by atoms with Gasteiger partial charge in [0.25, 0.3) is 16.6 Å². The summed E-state index contributed by atoms with van der Waals surface area (Å²) in [6.07, 6.45) is 8.90. The molecule has 0 saturated heterocycles. The maximum atomic E-state index is 6.61. The molecule has 0 aromatic carbocycles. The molecule has 4 aliphatic carbocycles. The van der Waals surface area contributed by atoms with Gasteiger partial charge in [-0.05, 0) is 60.7 Å². The van der Waals surface area contributed by atoms with Gasteiger partial charge in [-0.25, -0.2) is 0 Å². The topological polar surface area (TPSA) is 18.5 Å². The first-order chi connectivity index (χ1) is 14.2. The van der Waals surface area contributed by atoms with E-state index in [2.05, 4.69) is 46.4 Å². The van der Waals surface area contributed by atoms with Gasteiger partial charge < -0.3 is 8.85 Å². The fourth-order valence-electron chi connectivity index (χ4n) is 7.19. The number of rotatable bonds is 13. The minimum absolute atomic E-state index is 0.229. The molecule has 2 atom stereocenters. The summed E-state index contributed by atoms with van der Waals surface area (Å²) in [7, 11) is -4.53. The lowest BCUT2D eigenvalue weighted by atomic mass is 9.39. The molecule has 4 fully saturated rings. The molecule has 0 aromatic heterocycles. The summed E-state index contributed by atoms with van der Waals surface area (Å²) in [6, 6.07) is 0. The lowest BCUT2D eigenvalue weighted by Gasteiger charge is -2.67. The fraction of sp³-hybridized carbons (Fsp3) is 0.538. The lowest BCUT2D eigenvalue weighted by molar-refractivity contribution is -0.182. The summed E-state index contributed by atoms with van der Waals surface area (Å²) in [5.41, 5.74) is 12.5. The summed E-state index contributed by atoms with van der Waals surface area (Å²) in [4.78, 5) is 0. The van der Waals surface area contributed by atoms with Gasteiger partial charge in [-0.3, -0.25) is 0 Å². The van der Waals surface area contributed by atoms with Crippen LogP contribution in [0, 0.1) is 22.2 Å². The molecule has 4 saturated carbocycles. The van der Waals surface area contributed by atoms with Gasteiger partial charge in [-0.15, -0.1) is 39.5 Å². The SMILES string of the molecule is C=C[Si](C=C)(C=C)OCC12CC3CC(CC)(C1)CC(CO[Si](C=C)(C=C)C=C)(C3)C2. The van der Waals surface area contributed by atoms with Crippen molar-refractivity contribution in [2.75, 3.05) is 13.2 Å². The zero-order valence-electron chi connectivity index (χ0n) is 19.0. The largest absolute Gasteiger partial charge is 0.405 e. The molecule has 0 heterocycles. The highest BCUT2D eigenvalue weighted by molar-refractivity contribution is 6.88. The van der Waals surface area contributed by atoms with Crippen molar-refractivity contribution < 1.29 is 8.85 Å². The van der Waals surface area contributed by atoms with Crippen LogP contribution in [0.3, 0.4) is 0 Å². The van der Waals surface area contributed by atoms with E-state index in [4.69, 9.17) is 8.85 Å². The summed E-state index contributed by atoms with van der Waals surface area (Å²) < 4.78 is 13.2. The van der Waals surface area contributed by atoms with E-state index < -0.39 is 16.6 Å². The van der Waals surface area contributed by atoms with Gasteiger partial charge >= 0.3 is 0 Å². The highest BCUT2D eigenvalue weighted by Gasteiger charge is 2.63.